The van der Waals surface area contributed by atoms with Gasteiger partial charge in [0.1, 0.15) is 11.5 Å². The van der Waals surface area contributed by atoms with Gasteiger partial charge in [0, 0.05) is 11.1 Å². The Balaban J connectivity index is 1.70. The van der Waals surface area contributed by atoms with Crippen LogP contribution in [-0.2, 0) is 40.5 Å². The van der Waals surface area contributed by atoms with E-state index in [-0.39, 0.29) is 19.6 Å². The van der Waals surface area contributed by atoms with Crippen LogP contribution in [0.4, 0.5) is 0 Å². The molecule has 6 aromatic carbocycles. The summed E-state index contributed by atoms with van der Waals surface area (Å²) in [7, 11) is -18.9. The van der Waals surface area contributed by atoms with E-state index in [2.05, 4.69) is 0 Å². The summed E-state index contributed by atoms with van der Waals surface area (Å²) in [5.41, 5.74) is 0.968. The van der Waals surface area contributed by atoms with Crippen LogP contribution in [0.25, 0.3) is 11.1 Å². The van der Waals surface area contributed by atoms with Gasteiger partial charge in [-0.2, -0.15) is 33.7 Å². The topological polar surface area (TPSA) is 236 Å². The third-order valence-corrected chi connectivity index (χ3v) is 17.2. The predicted molar refractivity (Wildman–Crippen MR) is 222 cm³/mol. The molecule has 0 aromatic heterocycles. The third-order valence-electron chi connectivity index (χ3n) is 8.75. The van der Waals surface area contributed by atoms with Crippen LogP contribution in [0.2, 0.25) is 0 Å². The maximum atomic E-state index is 12.0. The predicted octanol–water partition coefficient (Wildman–Crippen LogP) is 3.87. The fourth-order valence-corrected chi connectivity index (χ4v) is 13.0. The van der Waals surface area contributed by atoms with E-state index in [0.29, 0.717) is 54.5 Å². The number of ether oxygens (including phenoxy) is 2. The van der Waals surface area contributed by atoms with Crippen LogP contribution in [0, 0.1) is 0 Å². The highest BCUT2D eigenvalue weighted by Gasteiger charge is 2.31. The molecule has 14 nitrogen and oxygen atoms in total. The molecule has 58 heavy (non-hydrogen) atoms. The van der Waals surface area contributed by atoms with Gasteiger partial charge in [0.15, 0.2) is 0 Å². The summed E-state index contributed by atoms with van der Waals surface area (Å²) in [4.78, 5) is -1.46. The Hall–Kier alpha value is -4.58. The molecule has 0 aliphatic rings. The molecular weight excluding hydrogens is 871 g/mol. The van der Waals surface area contributed by atoms with E-state index in [9.17, 15) is 51.9 Å². The van der Waals surface area contributed by atoms with E-state index in [1.54, 1.807) is 36.4 Å². The Morgan fingerprint density at radius 1 is 0.362 bits per heavy atom. The highest BCUT2D eigenvalue weighted by molar-refractivity contribution is 7.86. The number of hydrogen-bond acceptors (Lipinski definition) is 10. The maximum absolute atomic E-state index is 12.0. The molecule has 0 unspecified atom stereocenters. The van der Waals surface area contributed by atoms with Gasteiger partial charge in [-0.1, -0.05) is 72.8 Å². The first-order chi connectivity index (χ1) is 27.2. The zero-order chi connectivity index (χ0) is 42.2. The highest BCUT2D eigenvalue weighted by atomic mass is 32.2. The molecule has 0 heterocycles. The van der Waals surface area contributed by atoms with Crippen LogP contribution in [-0.4, -0.2) is 66.1 Å². The van der Waals surface area contributed by atoms with Crippen LogP contribution >= 0.6 is 15.8 Å². The lowest BCUT2D eigenvalue weighted by Gasteiger charge is -2.28. The number of hydrogen-bond donors (Lipinski definition) is 4. The zero-order valence-corrected chi connectivity index (χ0v) is 35.2. The van der Waals surface area contributed by atoms with Gasteiger partial charge in [-0.25, -0.2) is 0 Å². The average Bonchev–Trinajstić information content (AvgIpc) is 3.17. The first-order valence-electron chi connectivity index (χ1n) is 16.5. The van der Waals surface area contributed by atoms with Crippen molar-refractivity contribution in [3.8, 4) is 22.6 Å². The fourth-order valence-electron chi connectivity index (χ4n) is 6.18. The molecule has 0 atom stereocenters. The summed E-state index contributed by atoms with van der Waals surface area (Å²) in [5.74, 6) is 0.691. The van der Waals surface area contributed by atoms with Crippen molar-refractivity contribution in [2.24, 2.45) is 0 Å². The van der Waals surface area contributed by atoms with Crippen LogP contribution in [0.15, 0.2) is 153 Å². The Morgan fingerprint density at radius 2 is 0.586 bits per heavy atom. The lowest BCUT2D eigenvalue weighted by Crippen LogP contribution is -2.27. The van der Waals surface area contributed by atoms with E-state index in [0.717, 1.165) is 0 Å². The van der Waals surface area contributed by atoms with Crippen LogP contribution in [0.1, 0.15) is 0 Å². The first kappa shape index (κ1) is 43.0. The molecule has 6 aromatic rings. The second-order valence-electron chi connectivity index (χ2n) is 12.3. The molecule has 0 saturated carbocycles. The smallest absolute Gasteiger partial charge is 0.294 e. The van der Waals surface area contributed by atoms with Crippen molar-refractivity contribution < 1.29 is 61.4 Å². The summed E-state index contributed by atoms with van der Waals surface area (Å²) in [6.07, 6.45) is 0. The molecule has 6 rings (SSSR count). The van der Waals surface area contributed by atoms with Gasteiger partial charge in [-0.05, 0) is 108 Å². The van der Waals surface area contributed by atoms with Crippen molar-refractivity contribution in [2.45, 2.75) is 19.6 Å². The summed E-state index contributed by atoms with van der Waals surface area (Å²) < 4.78 is 147. The molecule has 0 amide bonds. The Morgan fingerprint density at radius 3 is 0.776 bits per heavy atom. The quantitative estimate of drug-likeness (QED) is 0.0952. The van der Waals surface area contributed by atoms with Gasteiger partial charge >= 0.3 is 0 Å². The lowest BCUT2D eigenvalue weighted by atomic mass is 10.0. The van der Waals surface area contributed by atoms with Crippen molar-refractivity contribution in [2.75, 3.05) is 14.2 Å². The standard InChI is InChI=1S/C38H32O14P2S4/c1-51-33-5-3-7-35(53(25-9-17-29(18-10-25)55(39,40)41)26-11-19-30(20-12-26)56(42,43)44)37(33)38-34(52-2)6-4-8-36(38)54(27-13-21-31(22-14-27)57(45,46)47)28-15-23-32(24-16-28)58(48,49)50/h3-24H,1-2H3,(H,39,40,41)(H,42,43,44)(H,45,46,47)(H,48,49,50). The minimum Gasteiger partial charge on any atom is -0.496 e. The number of rotatable bonds is 13. The van der Waals surface area contributed by atoms with E-state index in [1.165, 1.54) is 111 Å². The summed E-state index contributed by atoms with van der Waals surface area (Å²) >= 11 is 0. The van der Waals surface area contributed by atoms with Gasteiger partial charge in [-0.15, -0.1) is 0 Å². The van der Waals surface area contributed by atoms with Crippen LogP contribution < -0.4 is 41.3 Å². The van der Waals surface area contributed by atoms with Crippen molar-refractivity contribution in [3.63, 3.8) is 0 Å². The SMILES string of the molecule is COc1cccc(P(c2ccc(S(=O)(=O)O)cc2)c2ccc(S(=O)(=O)O)cc2)c1-c1c(OC)cccc1P(c1ccc(S(=O)(=O)O)cc1)c1ccc(S(=O)(=O)O)cc1. The minimum atomic E-state index is -4.57. The normalized spacial score (nSPS) is 12.5. The molecule has 0 fully saturated rings. The average molecular weight is 903 g/mol. The molecule has 0 aliphatic heterocycles. The minimum absolute atomic E-state index is 0.346. The molecule has 0 bridgehead atoms. The van der Waals surface area contributed by atoms with E-state index >= 15 is 0 Å². The Labute approximate surface area is 337 Å². The van der Waals surface area contributed by atoms with Gasteiger partial charge in [-0.3, -0.25) is 18.2 Å². The van der Waals surface area contributed by atoms with Gasteiger partial charge in [0.25, 0.3) is 40.5 Å². The summed E-state index contributed by atoms with van der Waals surface area (Å²) in [6.45, 7) is 0. The Kier molecular flexibility index (Phi) is 12.3. The van der Waals surface area contributed by atoms with Gasteiger partial charge in [0.2, 0.25) is 0 Å². The summed E-state index contributed by atoms with van der Waals surface area (Å²) in [5, 5.41) is 3.40. The molecule has 0 aliphatic carbocycles. The molecule has 0 spiro atoms. The Bertz CT molecular complexity index is 2590. The second kappa shape index (κ2) is 16.6. The summed E-state index contributed by atoms with van der Waals surface area (Å²) in [6, 6.07) is 32.4. The van der Waals surface area contributed by atoms with Crippen LogP contribution in [0.5, 0.6) is 11.5 Å². The largest absolute Gasteiger partial charge is 0.496 e. The maximum Gasteiger partial charge on any atom is 0.294 e. The van der Waals surface area contributed by atoms with Crippen LogP contribution in [0.3, 0.4) is 0 Å². The highest BCUT2D eigenvalue weighted by Crippen LogP contribution is 2.47. The monoisotopic (exact) mass is 902 g/mol. The number of benzene rings is 6. The molecular formula is C38H32O14P2S4. The van der Waals surface area contributed by atoms with Gasteiger partial charge in [0.05, 0.1) is 33.8 Å². The number of methoxy groups -OCH3 is 2. The van der Waals surface area contributed by atoms with Crippen molar-refractivity contribution in [1.29, 1.82) is 0 Å². The lowest BCUT2D eigenvalue weighted by molar-refractivity contribution is 0.411. The first-order valence-corrected chi connectivity index (χ1v) is 24.9. The molecule has 0 saturated heterocycles. The van der Waals surface area contributed by atoms with Crippen molar-refractivity contribution >= 4 is 88.1 Å². The fraction of sp³-hybridized carbons (Fsp3) is 0.0526. The van der Waals surface area contributed by atoms with Crippen molar-refractivity contribution in [3.05, 3.63) is 133 Å². The third kappa shape index (κ3) is 9.17. The zero-order valence-electron chi connectivity index (χ0n) is 30.1. The molecule has 302 valence electrons. The van der Waals surface area contributed by atoms with E-state index in [4.69, 9.17) is 9.47 Å². The van der Waals surface area contributed by atoms with Gasteiger partial charge < -0.3 is 9.47 Å². The van der Waals surface area contributed by atoms with E-state index < -0.39 is 56.3 Å². The second-order valence-corrected chi connectivity index (χ2v) is 22.3. The van der Waals surface area contributed by atoms with Crippen molar-refractivity contribution in [1.82, 2.24) is 0 Å². The molecule has 0 radical (unpaired) electrons. The molecule has 4 N–H and O–H groups in total. The van der Waals surface area contributed by atoms with E-state index in [1.807, 2.05) is 0 Å². The molecule has 20 heteroatoms.